The van der Waals surface area contributed by atoms with Crippen LogP contribution in [0.3, 0.4) is 0 Å². The van der Waals surface area contributed by atoms with Crippen molar-refractivity contribution in [1.29, 1.82) is 0 Å². The maximum Gasteiger partial charge on any atom is 0.133 e. The van der Waals surface area contributed by atoms with Gasteiger partial charge in [0.2, 0.25) is 0 Å². The first-order valence-electron chi connectivity index (χ1n) is 7.53. The van der Waals surface area contributed by atoms with Gasteiger partial charge in [-0.3, -0.25) is 4.79 Å². The summed E-state index contributed by atoms with van der Waals surface area (Å²) >= 11 is 0. The van der Waals surface area contributed by atoms with Gasteiger partial charge >= 0.3 is 0 Å². The molecule has 1 aliphatic heterocycles. The van der Waals surface area contributed by atoms with E-state index in [-0.39, 0.29) is 0 Å². The van der Waals surface area contributed by atoms with E-state index in [1.54, 1.807) is 0 Å². The molecule has 96 valence electrons. The van der Waals surface area contributed by atoms with Gasteiger partial charge in [0, 0.05) is 12.8 Å². The molecule has 0 aromatic heterocycles. The Labute approximate surface area is 105 Å². The third kappa shape index (κ3) is 2.73. The van der Waals surface area contributed by atoms with E-state index in [0.29, 0.717) is 11.7 Å². The zero-order valence-electron chi connectivity index (χ0n) is 10.8. The predicted octanol–water partition coefficient (Wildman–Crippen LogP) is 2.77. The maximum absolute atomic E-state index is 12.1. The number of hydrogen-bond acceptors (Lipinski definition) is 2. The number of nitrogens with one attached hydrogen (secondary N) is 1. The normalized spacial score (nSPS) is 37.5. The summed E-state index contributed by atoms with van der Waals surface area (Å²) in [6, 6.07) is 0. The first-order valence-corrected chi connectivity index (χ1v) is 7.53. The fraction of sp³-hybridized carbons (Fsp3) is 0.933. The van der Waals surface area contributed by atoms with Crippen LogP contribution in [0.15, 0.2) is 0 Å². The lowest BCUT2D eigenvalue weighted by molar-refractivity contribution is -0.121. The molecule has 1 heterocycles. The van der Waals surface area contributed by atoms with Gasteiger partial charge in [-0.25, -0.2) is 0 Å². The Balaban J connectivity index is 1.44. The molecule has 2 bridgehead atoms. The zero-order chi connectivity index (χ0) is 11.7. The number of Topliss-reactive ketones (excluding diaryl/α,β-unsaturated/α-hetero) is 1. The molecule has 17 heavy (non-hydrogen) atoms. The van der Waals surface area contributed by atoms with E-state index in [1.807, 2.05) is 0 Å². The van der Waals surface area contributed by atoms with E-state index in [0.717, 1.165) is 43.7 Å². The molecular weight excluding hydrogens is 210 g/mol. The smallest absolute Gasteiger partial charge is 0.133 e. The SMILES string of the molecule is O=C(CC1CCNCC1)CC1CC2CCC1C2. The third-order valence-corrected chi connectivity index (χ3v) is 5.35. The van der Waals surface area contributed by atoms with Crippen molar-refractivity contribution in [2.24, 2.45) is 23.7 Å². The number of carbonyl (C=O) groups excluding carboxylic acids is 1. The molecule has 2 nitrogen and oxygen atoms in total. The average molecular weight is 235 g/mol. The molecular formula is C15H25NO. The van der Waals surface area contributed by atoms with Crippen molar-refractivity contribution in [3.63, 3.8) is 0 Å². The van der Waals surface area contributed by atoms with Crippen molar-refractivity contribution in [2.45, 2.75) is 51.4 Å². The summed E-state index contributed by atoms with van der Waals surface area (Å²) in [5, 5.41) is 3.37. The van der Waals surface area contributed by atoms with Crippen LogP contribution in [0, 0.1) is 23.7 Å². The number of carbonyl (C=O) groups is 1. The molecule has 2 heteroatoms. The molecule has 0 spiro atoms. The molecule has 2 saturated carbocycles. The molecule has 3 atom stereocenters. The largest absolute Gasteiger partial charge is 0.317 e. The minimum atomic E-state index is 0.564. The van der Waals surface area contributed by atoms with Gasteiger partial charge in [-0.05, 0) is 68.9 Å². The van der Waals surface area contributed by atoms with Crippen LogP contribution < -0.4 is 5.32 Å². The lowest BCUT2D eigenvalue weighted by atomic mass is 9.83. The zero-order valence-corrected chi connectivity index (χ0v) is 10.8. The minimum Gasteiger partial charge on any atom is -0.317 e. The maximum atomic E-state index is 12.1. The number of hydrogen-bond donors (Lipinski definition) is 1. The highest BCUT2D eigenvalue weighted by Crippen LogP contribution is 2.49. The van der Waals surface area contributed by atoms with E-state index in [9.17, 15) is 4.79 Å². The highest BCUT2D eigenvalue weighted by Gasteiger charge is 2.40. The Kier molecular flexibility index (Phi) is 3.51. The highest BCUT2D eigenvalue weighted by atomic mass is 16.1. The first-order chi connectivity index (χ1) is 8.31. The fourth-order valence-corrected chi connectivity index (χ4v) is 4.41. The van der Waals surface area contributed by atoms with E-state index in [4.69, 9.17) is 0 Å². The van der Waals surface area contributed by atoms with Gasteiger partial charge in [-0.1, -0.05) is 6.42 Å². The van der Waals surface area contributed by atoms with Crippen LogP contribution in [0.5, 0.6) is 0 Å². The monoisotopic (exact) mass is 235 g/mol. The van der Waals surface area contributed by atoms with Crippen molar-refractivity contribution in [3.05, 3.63) is 0 Å². The molecule has 1 N–H and O–H groups in total. The summed E-state index contributed by atoms with van der Waals surface area (Å²) in [4.78, 5) is 12.1. The molecule has 2 aliphatic carbocycles. The quantitative estimate of drug-likeness (QED) is 0.812. The molecule has 1 saturated heterocycles. The van der Waals surface area contributed by atoms with Gasteiger partial charge in [0.15, 0.2) is 0 Å². The van der Waals surface area contributed by atoms with Crippen molar-refractivity contribution in [2.75, 3.05) is 13.1 Å². The van der Waals surface area contributed by atoms with Gasteiger partial charge in [0.1, 0.15) is 5.78 Å². The summed E-state index contributed by atoms with van der Waals surface area (Å²) in [5.74, 6) is 3.91. The van der Waals surface area contributed by atoms with Crippen LogP contribution in [-0.2, 0) is 4.79 Å². The standard InChI is InChI=1S/C15H25NO/c17-15(9-11-3-5-16-6-4-11)10-14-8-12-1-2-13(14)7-12/h11-14,16H,1-10H2. The number of ketones is 1. The second-order valence-electron chi connectivity index (χ2n) is 6.58. The van der Waals surface area contributed by atoms with Gasteiger partial charge < -0.3 is 5.32 Å². The molecule has 0 radical (unpaired) electrons. The second kappa shape index (κ2) is 5.09. The summed E-state index contributed by atoms with van der Waals surface area (Å²) < 4.78 is 0. The summed E-state index contributed by atoms with van der Waals surface area (Å²) in [5.41, 5.74) is 0. The number of rotatable bonds is 4. The predicted molar refractivity (Wildman–Crippen MR) is 68.8 cm³/mol. The Morgan fingerprint density at radius 1 is 1.00 bits per heavy atom. The molecule has 3 aliphatic rings. The minimum absolute atomic E-state index is 0.564. The van der Waals surface area contributed by atoms with Crippen LogP contribution in [0.25, 0.3) is 0 Å². The van der Waals surface area contributed by atoms with E-state index in [2.05, 4.69) is 5.32 Å². The molecule has 0 aromatic carbocycles. The Bertz CT molecular complexity index is 283. The van der Waals surface area contributed by atoms with Crippen LogP contribution in [-0.4, -0.2) is 18.9 Å². The number of piperidine rings is 1. The van der Waals surface area contributed by atoms with Crippen molar-refractivity contribution in [1.82, 2.24) is 5.32 Å². The summed E-state index contributed by atoms with van der Waals surface area (Å²) in [6.07, 6.45) is 9.86. The van der Waals surface area contributed by atoms with Crippen LogP contribution in [0.2, 0.25) is 0 Å². The van der Waals surface area contributed by atoms with Crippen LogP contribution >= 0.6 is 0 Å². The van der Waals surface area contributed by atoms with E-state index in [1.165, 1.54) is 38.5 Å². The van der Waals surface area contributed by atoms with Gasteiger partial charge in [-0.15, -0.1) is 0 Å². The van der Waals surface area contributed by atoms with E-state index < -0.39 is 0 Å². The third-order valence-electron chi connectivity index (χ3n) is 5.35. The number of fused-ring (bicyclic) bond motifs is 2. The average Bonchev–Trinajstić information content (AvgIpc) is 2.92. The second-order valence-corrected chi connectivity index (χ2v) is 6.58. The van der Waals surface area contributed by atoms with Gasteiger partial charge in [0.05, 0.1) is 0 Å². The lowest BCUT2D eigenvalue weighted by Gasteiger charge is -2.24. The van der Waals surface area contributed by atoms with Crippen LogP contribution in [0.1, 0.15) is 51.4 Å². The Hall–Kier alpha value is -0.370. The topological polar surface area (TPSA) is 29.1 Å². The molecule has 3 fully saturated rings. The summed E-state index contributed by atoms with van der Waals surface area (Å²) in [6.45, 7) is 2.23. The van der Waals surface area contributed by atoms with Gasteiger partial charge in [0.25, 0.3) is 0 Å². The highest BCUT2D eigenvalue weighted by molar-refractivity contribution is 5.79. The van der Waals surface area contributed by atoms with Crippen molar-refractivity contribution >= 4 is 5.78 Å². The van der Waals surface area contributed by atoms with Crippen molar-refractivity contribution < 1.29 is 4.79 Å². The van der Waals surface area contributed by atoms with Crippen molar-refractivity contribution in [3.8, 4) is 0 Å². The molecule has 0 amide bonds. The first kappa shape index (κ1) is 11.7. The Morgan fingerprint density at radius 3 is 2.47 bits per heavy atom. The van der Waals surface area contributed by atoms with E-state index >= 15 is 0 Å². The summed E-state index contributed by atoms with van der Waals surface area (Å²) in [7, 11) is 0. The fourth-order valence-electron chi connectivity index (χ4n) is 4.41. The van der Waals surface area contributed by atoms with Crippen LogP contribution in [0.4, 0.5) is 0 Å². The molecule has 3 rings (SSSR count). The Morgan fingerprint density at radius 2 is 1.82 bits per heavy atom. The van der Waals surface area contributed by atoms with Gasteiger partial charge in [-0.2, -0.15) is 0 Å². The molecule has 0 aromatic rings. The molecule has 3 unspecified atom stereocenters. The lowest BCUT2D eigenvalue weighted by Crippen LogP contribution is -2.29.